The van der Waals surface area contributed by atoms with Crippen molar-refractivity contribution in [2.45, 2.75) is 19.9 Å². The summed E-state index contributed by atoms with van der Waals surface area (Å²) in [5.74, 6) is -0.689. The number of nitro groups is 1. The van der Waals surface area contributed by atoms with E-state index in [9.17, 15) is 24.5 Å². The standard InChI is InChI=1S/C21H17N3O6/c1-3-30-21(27)17-12(2)22-19(25)15-9-4-5-10-16(15)20(26)23(22)18(17)13-7-6-8-14(11-13)24(28)29/h4-11,18H,3H2,1-2H3. The average Bonchev–Trinajstić information content (AvgIpc) is 3.06. The molecule has 0 spiro atoms. The van der Waals surface area contributed by atoms with E-state index in [0.717, 1.165) is 4.68 Å². The van der Waals surface area contributed by atoms with Crippen LogP contribution in [0.2, 0.25) is 0 Å². The molecule has 2 aromatic carbocycles. The largest absolute Gasteiger partial charge is 0.463 e. The van der Waals surface area contributed by atoms with Crippen LogP contribution in [0.1, 0.15) is 25.5 Å². The highest BCUT2D eigenvalue weighted by Gasteiger charge is 2.38. The first-order valence-corrected chi connectivity index (χ1v) is 9.26. The number of carbonyl (C=O) groups is 1. The minimum absolute atomic E-state index is 0.0897. The highest BCUT2D eigenvalue weighted by atomic mass is 16.6. The van der Waals surface area contributed by atoms with Gasteiger partial charge in [0.1, 0.15) is 6.04 Å². The lowest BCUT2D eigenvalue weighted by molar-refractivity contribution is -0.384. The molecular formula is C21H17N3O6. The van der Waals surface area contributed by atoms with Crippen LogP contribution in [-0.4, -0.2) is 26.9 Å². The molecule has 9 nitrogen and oxygen atoms in total. The van der Waals surface area contributed by atoms with Crippen molar-refractivity contribution in [2.75, 3.05) is 6.61 Å². The van der Waals surface area contributed by atoms with Crippen LogP contribution in [0.4, 0.5) is 5.69 Å². The van der Waals surface area contributed by atoms with Crippen LogP contribution in [0.3, 0.4) is 0 Å². The number of nitrogens with zero attached hydrogens (tertiary/aromatic N) is 3. The van der Waals surface area contributed by atoms with Crippen molar-refractivity contribution >= 4 is 28.1 Å². The smallest absolute Gasteiger partial charge is 0.338 e. The summed E-state index contributed by atoms with van der Waals surface area (Å²) in [6, 6.07) is 11.0. The van der Waals surface area contributed by atoms with Crippen molar-refractivity contribution in [3.8, 4) is 0 Å². The first-order chi connectivity index (χ1) is 14.4. The minimum Gasteiger partial charge on any atom is -0.463 e. The molecule has 9 heteroatoms. The first-order valence-electron chi connectivity index (χ1n) is 9.26. The van der Waals surface area contributed by atoms with Gasteiger partial charge >= 0.3 is 5.97 Å². The quantitative estimate of drug-likeness (QED) is 0.373. The highest BCUT2D eigenvalue weighted by Crippen LogP contribution is 2.36. The van der Waals surface area contributed by atoms with Gasteiger partial charge in [0.15, 0.2) is 0 Å². The van der Waals surface area contributed by atoms with E-state index in [0.29, 0.717) is 5.56 Å². The summed E-state index contributed by atoms with van der Waals surface area (Å²) in [5.41, 5.74) is -0.472. The average molecular weight is 407 g/mol. The van der Waals surface area contributed by atoms with Gasteiger partial charge in [-0.2, -0.15) is 0 Å². The monoisotopic (exact) mass is 407 g/mol. The van der Waals surface area contributed by atoms with Gasteiger partial charge in [-0.05, 0) is 31.5 Å². The number of ether oxygens (including phenoxy) is 1. The van der Waals surface area contributed by atoms with Crippen LogP contribution < -0.4 is 11.1 Å². The molecule has 1 aromatic heterocycles. The Labute approximate surface area is 169 Å². The predicted octanol–water partition coefficient (Wildman–Crippen LogP) is 2.47. The lowest BCUT2D eigenvalue weighted by atomic mass is 9.98. The Kier molecular flexibility index (Phi) is 4.57. The molecule has 2 heterocycles. The molecule has 0 amide bonds. The lowest BCUT2D eigenvalue weighted by Crippen LogP contribution is -2.37. The van der Waals surface area contributed by atoms with Crippen molar-refractivity contribution in [1.29, 1.82) is 0 Å². The SMILES string of the molecule is CCOC(=O)C1=C(C)n2c(=O)c3ccccc3c(=O)n2C1c1cccc([N+](=O)[O-])c1. The molecule has 1 aliphatic rings. The number of nitro benzene ring substituents is 1. The maximum absolute atomic E-state index is 13.3. The van der Waals surface area contributed by atoms with Crippen molar-refractivity contribution in [3.05, 3.63) is 90.5 Å². The second-order valence-electron chi connectivity index (χ2n) is 6.79. The van der Waals surface area contributed by atoms with Gasteiger partial charge in [0.25, 0.3) is 16.8 Å². The zero-order chi connectivity index (χ0) is 21.6. The Hall–Kier alpha value is -4.01. The number of benzene rings is 2. The van der Waals surface area contributed by atoms with Gasteiger partial charge in [0, 0.05) is 12.1 Å². The Balaban J connectivity index is 2.10. The number of allylic oxidation sites excluding steroid dienone is 1. The summed E-state index contributed by atoms with van der Waals surface area (Å²) in [4.78, 5) is 50.0. The maximum Gasteiger partial charge on any atom is 0.338 e. The van der Waals surface area contributed by atoms with E-state index < -0.39 is 28.1 Å². The van der Waals surface area contributed by atoms with Crippen molar-refractivity contribution in [1.82, 2.24) is 9.36 Å². The number of non-ortho nitro benzene ring substituents is 1. The van der Waals surface area contributed by atoms with E-state index in [1.54, 1.807) is 38.1 Å². The lowest BCUT2D eigenvalue weighted by Gasteiger charge is -2.18. The third-order valence-corrected chi connectivity index (χ3v) is 5.12. The zero-order valence-corrected chi connectivity index (χ0v) is 16.2. The van der Waals surface area contributed by atoms with Crippen LogP contribution in [0.15, 0.2) is 63.7 Å². The number of hydrogen-bond acceptors (Lipinski definition) is 6. The molecule has 0 aliphatic carbocycles. The molecule has 30 heavy (non-hydrogen) atoms. The molecule has 4 rings (SSSR count). The molecule has 1 atom stereocenters. The number of fused-ring (bicyclic) bond motifs is 2. The van der Waals surface area contributed by atoms with Gasteiger partial charge in [0.05, 0.1) is 33.6 Å². The number of hydrogen-bond donors (Lipinski definition) is 0. The first kappa shape index (κ1) is 19.3. The molecule has 0 N–H and O–H groups in total. The summed E-state index contributed by atoms with van der Waals surface area (Å²) in [6.45, 7) is 3.29. The topological polar surface area (TPSA) is 113 Å². The van der Waals surface area contributed by atoms with Crippen LogP contribution in [0.25, 0.3) is 16.5 Å². The highest BCUT2D eigenvalue weighted by molar-refractivity contribution is 5.97. The van der Waals surface area contributed by atoms with E-state index in [2.05, 4.69) is 0 Å². The van der Waals surface area contributed by atoms with Crippen LogP contribution in [-0.2, 0) is 9.53 Å². The van der Waals surface area contributed by atoms with Crippen LogP contribution in [0.5, 0.6) is 0 Å². The Morgan fingerprint density at radius 3 is 2.40 bits per heavy atom. The van der Waals surface area contributed by atoms with Crippen molar-refractivity contribution in [2.24, 2.45) is 0 Å². The molecule has 0 saturated carbocycles. The zero-order valence-electron chi connectivity index (χ0n) is 16.2. The molecule has 0 fully saturated rings. The van der Waals surface area contributed by atoms with Crippen LogP contribution in [0, 0.1) is 10.1 Å². The fraction of sp³-hybridized carbons (Fsp3) is 0.190. The van der Waals surface area contributed by atoms with E-state index in [1.807, 2.05) is 0 Å². The summed E-state index contributed by atoms with van der Waals surface area (Å²) in [6.07, 6.45) is 0. The Bertz CT molecular complexity index is 1370. The van der Waals surface area contributed by atoms with E-state index >= 15 is 0 Å². The van der Waals surface area contributed by atoms with Gasteiger partial charge in [-0.1, -0.05) is 24.3 Å². The van der Waals surface area contributed by atoms with Crippen molar-refractivity contribution < 1.29 is 14.5 Å². The summed E-state index contributed by atoms with van der Waals surface area (Å²) >= 11 is 0. The van der Waals surface area contributed by atoms with E-state index in [1.165, 1.54) is 28.9 Å². The molecule has 0 saturated heterocycles. The number of aromatic nitrogens is 2. The molecular weight excluding hydrogens is 390 g/mol. The molecule has 3 aromatic rings. The third-order valence-electron chi connectivity index (χ3n) is 5.12. The minimum atomic E-state index is -1.03. The second-order valence-corrected chi connectivity index (χ2v) is 6.79. The Morgan fingerprint density at radius 1 is 1.10 bits per heavy atom. The van der Waals surface area contributed by atoms with E-state index in [4.69, 9.17) is 4.74 Å². The molecule has 1 aliphatic heterocycles. The predicted molar refractivity (Wildman–Crippen MR) is 109 cm³/mol. The normalized spacial score (nSPS) is 15.3. The van der Waals surface area contributed by atoms with Crippen molar-refractivity contribution in [3.63, 3.8) is 0 Å². The molecule has 0 bridgehead atoms. The molecule has 0 radical (unpaired) electrons. The van der Waals surface area contributed by atoms with Crippen LogP contribution >= 0.6 is 0 Å². The molecule has 152 valence electrons. The number of carbonyl (C=O) groups excluding carboxylic acids is 1. The van der Waals surface area contributed by atoms with Gasteiger partial charge in [-0.25, -0.2) is 14.2 Å². The summed E-state index contributed by atoms with van der Waals surface area (Å²) in [7, 11) is 0. The van der Waals surface area contributed by atoms with Gasteiger partial charge in [0.2, 0.25) is 0 Å². The van der Waals surface area contributed by atoms with Gasteiger partial charge in [-0.3, -0.25) is 19.7 Å². The molecule has 1 unspecified atom stereocenters. The maximum atomic E-state index is 13.3. The summed E-state index contributed by atoms with van der Waals surface area (Å²) < 4.78 is 7.50. The summed E-state index contributed by atoms with van der Waals surface area (Å²) in [5, 5.41) is 11.7. The third kappa shape index (κ3) is 2.74. The van der Waals surface area contributed by atoms with E-state index in [-0.39, 0.29) is 34.3 Å². The number of rotatable bonds is 4. The van der Waals surface area contributed by atoms with Gasteiger partial charge < -0.3 is 4.74 Å². The Morgan fingerprint density at radius 2 is 1.77 bits per heavy atom. The fourth-order valence-electron chi connectivity index (χ4n) is 3.85. The van der Waals surface area contributed by atoms with Gasteiger partial charge in [-0.15, -0.1) is 0 Å². The second kappa shape index (κ2) is 7.11. The number of esters is 1. The fourth-order valence-corrected chi connectivity index (χ4v) is 3.85.